The highest BCUT2D eigenvalue weighted by atomic mass is 32.1. The van der Waals surface area contributed by atoms with Crippen LogP contribution in [0.3, 0.4) is 0 Å². The molecule has 0 aliphatic carbocycles. The Balaban J connectivity index is 2.31. The Morgan fingerprint density at radius 3 is 2.36 bits per heavy atom. The lowest BCUT2D eigenvalue weighted by molar-refractivity contribution is -0.132. The second kappa shape index (κ2) is 5.26. The molecule has 1 fully saturated rings. The average molecular weight is 215 g/mol. The van der Waals surface area contributed by atoms with E-state index in [2.05, 4.69) is 4.90 Å². The normalized spacial score (nSPS) is 18.2. The van der Waals surface area contributed by atoms with Crippen molar-refractivity contribution in [3.8, 4) is 0 Å². The third-order valence-corrected chi connectivity index (χ3v) is 2.54. The lowest BCUT2D eigenvalue weighted by Crippen LogP contribution is -2.50. The maximum atomic E-state index is 11.4. The molecular weight excluding hydrogens is 198 g/mol. The molecule has 1 saturated heterocycles. The van der Waals surface area contributed by atoms with Crippen molar-refractivity contribution < 1.29 is 4.79 Å². The monoisotopic (exact) mass is 215 g/mol. The van der Waals surface area contributed by atoms with Crippen molar-refractivity contribution in [2.24, 2.45) is 5.73 Å². The Kier molecular flexibility index (Phi) is 4.28. The molecule has 5 heteroatoms. The van der Waals surface area contributed by atoms with Gasteiger partial charge < -0.3 is 10.6 Å². The molecule has 1 amide bonds. The van der Waals surface area contributed by atoms with Gasteiger partial charge in [-0.2, -0.15) is 0 Å². The number of thiocarbonyl (C=S) groups is 1. The standard InChI is InChI=1S/C9H17N3OS/c1-2-9(13)12-5-3-11(4-6-12)7-8(10)14/h2-7H2,1H3,(H2,10,14). The highest BCUT2D eigenvalue weighted by Crippen LogP contribution is 2.03. The van der Waals surface area contributed by atoms with Crippen molar-refractivity contribution in [1.29, 1.82) is 0 Å². The predicted molar refractivity (Wildman–Crippen MR) is 60.1 cm³/mol. The molecule has 0 unspecified atom stereocenters. The maximum absolute atomic E-state index is 11.4. The van der Waals surface area contributed by atoms with Gasteiger partial charge in [0.1, 0.15) is 0 Å². The summed E-state index contributed by atoms with van der Waals surface area (Å²) in [5.41, 5.74) is 5.45. The molecule has 14 heavy (non-hydrogen) atoms. The third kappa shape index (κ3) is 3.23. The molecule has 4 nitrogen and oxygen atoms in total. The quantitative estimate of drug-likeness (QED) is 0.664. The van der Waals surface area contributed by atoms with E-state index in [-0.39, 0.29) is 5.91 Å². The van der Waals surface area contributed by atoms with E-state index in [9.17, 15) is 4.79 Å². The number of hydrogen-bond donors (Lipinski definition) is 1. The molecule has 0 aromatic rings. The van der Waals surface area contributed by atoms with E-state index in [0.29, 0.717) is 18.0 Å². The first-order valence-corrected chi connectivity index (χ1v) is 5.32. The molecule has 0 atom stereocenters. The first-order valence-electron chi connectivity index (χ1n) is 4.92. The molecule has 1 heterocycles. The van der Waals surface area contributed by atoms with Gasteiger partial charge in [0, 0.05) is 39.1 Å². The van der Waals surface area contributed by atoms with Crippen molar-refractivity contribution in [2.75, 3.05) is 32.7 Å². The summed E-state index contributed by atoms with van der Waals surface area (Å²) < 4.78 is 0. The average Bonchev–Trinajstić information content (AvgIpc) is 2.17. The predicted octanol–water partition coefficient (Wildman–Crippen LogP) is -0.173. The summed E-state index contributed by atoms with van der Waals surface area (Å²) in [5.74, 6) is 0.236. The zero-order valence-corrected chi connectivity index (χ0v) is 9.35. The van der Waals surface area contributed by atoms with Crippen LogP contribution >= 0.6 is 12.2 Å². The molecule has 1 rings (SSSR count). The van der Waals surface area contributed by atoms with Crippen molar-refractivity contribution in [2.45, 2.75) is 13.3 Å². The highest BCUT2D eigenvalue weighted by molar-refractivity contribution is 7.80. The largest absolute Gasteiger partial charge is 0.392 e. The molecule has 80 valence electrons. The first kappa shape index (κ1) is 11.4. The number of nitrogens with zero attached hydrogens (tertiary/aromatic N) is 2. The van der Waals surface area contributed by atoms with Crippen molar-refractivity contribution >= 4 is 23.1 Å². The first-order chi connectivity index (χ1) is 6.63. The smallest absolute Gasteiger partial charge is 0.222 e. The van der Waals surface area contributed by atoms with E-state index < -0.39 is 0 Å². The summed E-state index contributed by atoms with van der Waals surface area (Å²) >= 11 is 4.84. The van der Waals surface area contributed by atoms with Gasteiger partial charge >= 0.3 is 0 Å². The number of piperazine rings is 1. The SMILES string of the molecule is CCC(=O)N1CCN(CC(N)=S)CC1. The number of nitrogens with two attached hydrogens (primary N) is 1. The Morgan fingerprint density at radius 1 is 1.36 bits per heavy atom. The minimum Gasteiger partial charge on any atom is -0.392 e. The minimum absolute atomic E-state index is 0.236. The van der Waals surface area contributed by atoms with Crippen LogP contribution in [0, 0.1) is 0 Å². The molecule has 0 aromatic carbocycles. The number of rotatable bonds is 3. The van der Waals surface area contributed by atoms with E-state index in [1.807, 2.05) is 11.8 Å². The van der Waals surface area contributed by atoms with Crippen molar-refractivity contribution in [1.82, 2.24) is 9.80 Å². The zero-order valence-electron chi connectivity index (χ0n) is 8.53. The van der Waals surface area contributed by atoms with Gasteiger partial charge in [-0.3, -0.25) is 9.69 Å². The van der Waals surface area contributed by atoms with Crippen molar-refractivity contribution in [3.05, 3.63) is 0 Å². The van der Waals surface area contributed by atoms with E-state index >= 15 is 0 Å². The van der Waals surface area contributed by atoms with Crippen LogP contribution in [-0.4, -0.2) is 53.4 Å². The molecule has 1 aliphatic heterocycles. The van der Waals surface area contributed by atoms with Gasteiger partial charge in [-0.05, 0) is 0 Å². The van der Waals surface area contributed by atoms with Crippen LogP contribution in [0.1, 0.15) is 13.3 Å². The van der Waals surface area contributed by atoms with Gasteiger partial charge in [-0.15, -0.1) is 0 Å². The fraction of sp³-hybridized carbons (Fsp3) is 0.778. The fourth-order valence-electron chi connectivity index (χ4n) is 1.60. The molecule has 0 aromatic heterocycles. The van der Waals surface area contributed by atoms with Gasteiger partial charge in [0.15, 0.2) is 0 Å². The second-order valence-corrected chi connectivity index (χ2v) is 4.00. The second-order valence-electron chi connectivity index (χ2n) is 3.48. The van der Waals surface area contributed by atoms with Gasteiger partial charge in [0.05, 0.1) is 4.99 Å². The summed E-state index contributed by atoms with van der Waals surface area (Å²) in [6.07, 6.45) is 0.593. The van der Waals surface area contributed by atoms with Gasteiger partial charge in [-0.1, -0.05) is 19.1 Å². The number of carbonyl (C=O) groups excluding carboxylic acids is 1. The van der Waals surface area contributed by atoms with E-state index in [0.717, 1.165) is 26.2 Å². The van der Waals surface area contributed by atoms with Crippen LogP contribution in [0.15, 0.2) is 0 Å². The molecule has 0 bridgehead atoms. The van der Waals surface area contributed by atoms with E-state index in [4.69, 9.17) is 18.0 Å². The molecule has 0 spiro atoms. The van der Waals surface area contributed by atoms with Crippen LogP contribution in [-0.2, 0) is 4.79 Å². The van der Waals surface area contributed by atoms with Crippen LogP contribution in [0.2, 0.25) is 0 Å². The Hall–Kier alpha value is -0.680. The van der Waals surface area contributed by atoms with Crippen LogP contribution < -0.4 is 5.73 Å². The number of carbonyl (C=O) groups is 1. The van der Waals surface area contributed by atoms with Gasteiger partial charge in [-0.25, -0.2) is 0 Å². The number of amides is 1. The van der Waals surface area contributed by atoms with Crippen LogP contribution in [0.5, 0.6) is 0 Å². The molecule has 0 radical (unpaired) electrons. The minimum atomic E-state index is 0.236. The van der Waals surface area contributed by atoms with Crippen molar-refractivity contribution in [3.63, 3.8) is 0 Å². The van der Waals surface area contributed by atoms with Gasteiger partial charge in [0.2, 0.25) is 5.91 Å². The lowest BCUT2D eigenvalue weighted by Gasteiger charge is -2.34. The summed E-state index contributed by atoms with van der Waals surface area (Å²) in [4.78, 5) is 16.0. The molecular formula is C9H17N3OS. The zero-order chi connectivity index (χ0) is 10.6. The Morgan fingerprint density at radius 2 is 1.93 bits per heavy atom. The van der Waals surface area contributed by atoms with Crippen LogP contribution in [0.25, 0.3) is 0 Å². The molecule has 1 aliphatic rings. The fourth-order valence-corrected chi connectivity index (χ4v) is 1.78. The maximum Gasteiger partial charge on any atom is 0.222 e. The summed E-state index contributed by atoms with van der Waals surface area (Å²) in [6, 6.07) is 0. The molecule has 0 saturated carbocycles. The van der Waals surface area contributed by atoms with Crippen LogP contribution in [0.4, 0.5) is 0 Å². The third-order valence-electron chi connectivity index (χ3n) is 2.41. The number of hydrogen-bond acceptors (Lipinski definition) is 3. The summed E-state index contributed by atoms with van der Waals surface area (Å²) in [7, 11) is 0. The Labute approximate surface area is 90.0 Å². The lowest BCUT2D eigenvalue weighted by atomic mass is 10.3. The summed E-state index contributed by atoms with van der Waals surface area (Å²) in [5, 5.41) is 0. The van der Waals surface area contributed by atoms with E-state index in [1.165, 1.54) is 0 Å². The summed E-state index contributed by atoms with van der Waals surface area (Å²) in [6.45, 7) is 5.92. The highest BCUT2D eigenvalue weighted by Gasteiger charge is 2.19. The topological polar surface area (TPSA) is 49.6 Å². The van der Waals surface area contributed by atoms with Gasteiger partial charge in [0.25, 0.3) is 0 Å². The Bertz CT molecular complexity index is 224. The van der Waals surface area contributed by atoms with E-state index in [1.54, 1.807) is 0 Å². The molecule has 2 N–H and O–H groups in total.